The summed E-state index contributed by atoms with van der Waals surface area (Å²) in [5, 5.41) is 13.0. The lowest BCUT2D eigenvalue weighted by Crippen LogP contribution is -2.39. The predicted molar refractivity (Wildman–Crippen MR) is 111 cm³/mol. The molecule has 30 heavy (non-hydrogen) atoms. The highest BCUT2D eigenvalue weighted by Gasteiger charge is 2.33. The first-order valence-electron chi connectivity index (χ1n) is 9.52. The third-order valence-electron chi connectivity index (χ3n) is 4.72. The minimum Gasteiger partial charge on any atom is -0.341 e. The number of nitrogens with one attached hydrogen (secondary N) is 2. The third-order valence-corrected chi connectivity index (χ3v) is 5.93. The standard InChI is InChI=1S/C21H20FN5O2S/c1-23-20(29)24-19(28)17(13-7-3-2-4-8-13)30-21-26-25-18(27(21)14-11-12-14)15-9-5-6-10-16(15)22/h2-10,14,17H,11-12H2,1H3,(H2,23,24,28,29)/t17-/m0/s1. The largest absolute Gasteiger partial charge is 0.341 e. The van der Waals surface area contributed by atoms with Crippen LogP contribution in [0.5, 0.6) is 0 Å². The van der Waals surface area contributed by atoms with Gasteiger partial charge in [0, 0.05) is 13.1 Å². The summed E-state index contributed by atoms with van der Waals surface area (Å²) in [6.07, 6.45) is 1.88. The average molecular weight is 425 g/mol. The van der Waals surface area contributed by atoms with Gasteiger partial charge in [-0.2, -0.15) is 0 Å². The van der Waals surface area contributed by atoms with Crippen molar-refractivity contribution in [2.75, 3.05) is 7.05 Å². The van der Waals surface area contributed by atoms with Crippen LogP contribution in [-0.4, -0.2) is 33.8 Å². The predicted octanol–water partition coefficient (Wildman–Crippen LogP) is 3.71. The number of amides is 3. The van der Waals surface area contributed by atoms with E-state index in [-0.39, 0.29) is 11.9 Å². The second-order valence-corrected chi connectivity index (χ2v) is 7.94. The highest BCUT2D eigenvalue weighted by Crippen LogP contribution is 2.44. The first-order valence-corrected chi connectivity index (χ1v) is 10.4. The molecule has 1 aliphatic rings. The van der Waals surface area contributed by atoms with E-state index in [0.717, 1.165) is 18.4 Å². The number of rotatable bonds is 6. The van der Waals surface area contributed by atoms with Crippen molar-refractivity contribution in [1.29, 1.82) is 0 Å². The number of thioether (sulfide) groups is 1. The van der Waals surface area contributed by atoms with E-state index in [0.29, 0.717) is 16.5 Å². The van der Waals surface area contributed by atoms with Crippen LogP contribution in [-0.2, 0) is 4.79 Å². The number of aromatic nitrogens is 3. The monoisotopic (exact) mass is 425 g/mol. The maximum absolute atomic E-state index is 14.4. The van der Waals surface area contributed by atoms with E-state index in [2.05, 4.69) is 20.8 Å². The van der Waals surface area contributed by atoms with Gasteiger partial charge in [0.1, 0.15) is 11.1 Å². The summed E-state index contributed by atoms with van der Waals surface area (Å²) in [4.78, 5) is 24.5. The van der Waals surface area contributed by atoms with Crippen molar-refractivity contribution in [2.24, 2.45) is 0 Å². The van der Waals surface area contributed by atoms with E-state index in [9.17, 15) is 14.0 Å². The molecule has 1 aliphatic carbocycles. The van der Waals surface area contributed by atoms with Crippen LogP contribution in [0.2, 0.25) is 0 Å². The van der Waals surface area contributed by atoms with E-state index in [1.54, 1.807) is 18.2 Å². The molecule has 154 valence electrons. The molecule has 3 aromatic rings. The Labute approximate surface area is 177 Å². The molecule has 9 heteroatoms. The Morgan fingerprint density at radius 1 is 1.10 bits per heavy atom. The van der Waals surface area contributed by atoms with Crippen LogP contribution in [0.15, 0.2) is 59.8 Å². The number of hydrogen-bond donors (Lipinski definition) is 2. The molecule has 1 atom stereocenters. The lowest BCUT2D eigenvalue weighted by molar-refractivity contribution is -0.119. The van der Waals surface area contributed by atoms with Gasteiger partial charge < -0.3 is 5.32 Å². The zero-order valence-corrected chi connectivity index (χ0v) is 17.0. The number of carbonyl (C=O) groups excluding carboxylic acids is 2. The minimum absolute atomic E-state index is 0.163. The molecule has 0 aliphatic heterocycles. The molecular formula is C21H20FN5O2S. The van der Waals surface area contributed by atoms with Crippen molar-refractivity contribution >= 4 is 23.7 Å². The van der Waals surface area contributed by atoms with E-state index in [4.69, 9.17) is 0 Å². The van der Waals surface area contributed by atoms with Crippen LogP contribution >= 0.6 is 11.8 Å². The van der Waals surface area contributed by atoms with E-state index in [1.165, 1.54) is 24.9 Å². The minimum atomic E-state index is -0.723. The quantitative estimate of drug-likeness (QED) is 0.588. The lowest BCUT2D eigenvalue weighted by Gasteiger charge is -2.17. The summed E-state index contributed by atoms with van der Waals surface area (Å²) in [5.41, 5.74) is 1.09. The number of hydrogen-bond acceptors (Lipinski definition) is 5. The maximum atomic E-state index is 14.4. The Hall–Kier alpha value is -3.20. The summed E-state index contributed by atoms with van der Waals surface area (Å²) >= 11 is 1.19. The van der Waals surface area contributed by atoms with Gasteiger partial charge in [-0.3, -0.25) is 14.7 Å². The second-order valence-electron chi connectivity index (χ2n) is 6.86. The number of benzene rings is 2. The number of imide groups is 1. The maximum Gasteiger partial charge on any atom is 0.321 e. The normalized spacial score (nSPS) is 14.2. The molecule has 1 heterocycles. The molecule has 0 unspecified atom stereocenters. The van der Waals surface area contributed by atoms with Crippen molar-refractivity contribution in [3.63, 3.8) is 0 Å². The van der Waals surface area contributed by atoms with Gasteiger partial charge in [-0.1, -0.05) is 54.2 Å². The molecule has 4 rings (SSSR count). The highest BCUT2D eigenvalue weighted by molar-refractivity contribution is 8.00. The molecule has 1 fully saturated rings. The Kier molecular flexibility index (Phi) is 5.80. The van der Waals surface area contributed by atoms with Gasteiger partial charge in [0.15, 0.2) is 11.0 Å². The van der Waals surface area contributed by atoms with Crippen molar-refractivity contribution in [2.45, 2.75) is 29.3 Å². The van der Waals surface area contributed by atoms with Crippen LogP contribution in [0.1, 0.15) is 29.7 Å². The molecule has 0 radical (unpaired) electrons. The summed E-state index contributed by atoms with van der Waals surface area (Å²) in [6, 6.07) is 15.1. The van der Waals surface area contributed by atoms with E-state index < -0.39 is 17.2 Å². The van der Waals surface area contributed by atoms with Crippen LogP contribution in [0.4, 0.5) is 9.18 Å². The lowest BCUT2D eigenvalue weighted by atomic mass is 10.1. The first-order chi connectivity index (χ1) is 14.6. The van der Waals surface area contributed by atoms with Crippen molar-refractivity contribution < 1.29 is 14.0 Å². The third kappa shape index (κ3) is 4.20. The van der Waals surface area contributed by atoms with Crippen LogP contribution in [0.25, 0.3) is 11.4 Å². The molecule has 0 bridgehead atoms. The fourth-order valence-corrected chi connectivity index (χ4v) is 4.20. The topological polar surface area (TPSA) is 88.9 Å². The van der Waals surface area contributed by atoms with Crippen molar-refractivity contribution in [3.05, 3.63) is 66.0 Å². The van der Waals surface area contributed by atoms with Crippen LogP contribution in [0, 0.1) is 5.82 Å². The summed E-state index contributed by atoms with van der Waals surface area (Å²) < 4.78 is 16.3. The van der Waals surface area contributed by atoms with Gasteiger partial charge in [-0.25, -0.2) is 9.18 Å². The van der Waals surface area contributed by atoms with Gasteiger partial charge in [0.2, 0.25) is 5.91 Å². The number of halogens is 1. The second kappa shape index (κ2) is 8.66. The Morgan fingerprint density at radius 2 is 1.80 bits per heavy atom. The highest BCUT2D eigenvalue weighted by atomic mass is 32.2. The average Bonchev–Trinajstić information content (AvgIpc) is 3.52. The number of carbonyl (C=O) groups is 2. The summed E-state index contributed by atoms with van der Waals surface area (Å²) in [5.74, 6) is -0.403. The Morgan fingerprint density at radius 3 is 2.47 bits per heavy atom. The van der Waals surface area contributed by atoms with E-state index >= 15 is 0 Å². The van der Waals surface area contributed by atoms with Crippen LogP contribution in [0.3, 0.4) is 0 Å². The van der Waals surface area contributed by atoms with Gasteiger partial charge in [0.05, 0.1) is 5.56 Å². The molecule has 0 spiro atoms. The Balaban J connectivity index is 1.71. The van der Waals surface area contributed by atoms with Crippen LogP contribution < -0.4 is 10.6 Å². The zero-order chi connectivity index (χ0) is 21.1. The van der Waals surface area contributed by atoms with Gasteiger partial charge >= 0.3 is 6.03 Å². The smallest absolute Gasteiger partial charge is 0.321 e. The number of nitrogens with zero attached hydrogens (tertiary/aromatic N) is 3. The molecule has 1 aromatic heterocycles. The fourth-order valence-electron chi connectivity index (χ4n) is 3.09. The molecule has 0 saturated heterocycles. The molecule has 7 nitrogen and oxygen atoms in total. The molecule has 2 aromatic carbocycles. The molecule has 3 amide bonds. The Bertz CT molecular complexity index is 1070. The number of urea groups is 1. The fraction of sp³-hybridized carbons (Fsp3) is 0.238. The SMILES string of the molecule is CNC(=O)NC(=O)[C@@H](Sc1nnc(-c2ccccc2F)n1C1CC1)c1ccccc1. The molecule has 2 N–H and O–H groups in total. The zero-order valence-electron chi connectivity index (χ0n) is 16.2. The van der Waals surface area contributed by atoms with E-state index in [1.807, 2.05) is 34.9 Å². The summed E-state index contributed by atoms with van der Waals surface area (Å²) in [6.45, 7) is 0. The van der Waals surface area contributed by atoms with Crippen molar-refractivity contribution in [3.8, 4) is 11.4 Å². The molecule has 1 saturated carbocycles. The van der Waals surface area contributed by atoms with Gasteiger partial charge in [-0.15, -0.1) is 10.2 Å². The van der Waals surface area contributed by atoms with Gasteiger partial charge in [-0.05, 0) is 30.5 Å². The van der Waals surface area contributed by atoms with Gasteiger partial charge in [0.25, 0.3) is 0 Å². The summed E-state index contributed by atoms with van der Waals surface area (Å²) in [7, 11) is 1.44. The van der Waals surface area contributed by atoms with Crippen molar-refractivity contribution in [1.82, 2.24) is 25.4 Å². The molecular weight excluding hydrogens is 405 g/mol. The first kappa shape index (κ1) is 20.1.